The van der Waals surface area contributed by atoms with Crippen molar-refractivity contribution in [3.63, 3.8) is 0 Å². The van der Waals surface area contributed by atoms with E-state index in [-0.39, 0.29) is 11.7 Å². The zero-order chi connectivity index (χ0) is 9.30. The minimum Gasteiger partial charge on any atom is -0.481 e. The van der Waals surface area contributed by atoms with Crippen molar-refractivity contribution in [3.05, 3.63) is 0 Å². The van der Waals surface area contributed by atoms with Crippen molar-refractivity contribution in [2.45, 2.75) is 6.92 Å². The molecule has 0 radical (unpaired) electrons. The molecule has 0 aromatic rings. The number of carboxylic acids is 1. The highest BCUT2D eigenvalue weighted by Crippen LogP contribution is 2.22. The number of carboxylic acid groups (broad SMARTS) is 1. The molecule has 0 amide bonds. The van der Waals surface area contributed by atoms with Gasteiger partial charge in [0.1, 0.15) is 5.78 Å². The van der Waals surface area contributed by atoms with E-state index in [4.69, 9.17) is 5.11 Å². The predicted octanol–water partition coefficient (Wildman–Crippen LogP) is -0.162. The molecule has 0 bridgehead atoms. The number of carbonyl (C=O) groups is 2. The molecule has 68 valence electrons. The Morgan fingerprint density at radius 2 is 1.83 bits per heavy atom. The van der Waals surface area contributed by atoms with E-state index in [1.54, 1.807) is 0 Å². The molecule has 0 unspecified atom stereocenters. The number of likely N-dealkylation sites (tertiary alicyclic amines) is 1. The Bertz CT molecular complexity index is 192. The number of aliphatic carboxylic acids is 1. The third-order valence-corrected chi connectivity index (χ3v) is 2.34. The average Bonchev–Trinajstić information content (AvgIpc) is 2.31. The first-order chi connectivity index (χ1) is 5.52. The van der Waals surface area contributed by atoms with Crippen molar-refractivity contribution in [2.24, 2.45) is 11.8 Å². The van der Waals surface area contributed by atoms with Gasteiger partial charge in [-0.15, -0.1) is 0 Å². The van der Waals surface area contributed by atoms with Crippen LogP contribution in [0.3, 0.4) is 0 Å². The van der Waals surface area contributed by atoms with Gasteiger partial charge in [-0.05, 0) is 14.0 Å². The lowest BCUT2D eigenvalue weighted by molar-refractivity contribution is -0.144. The fourth-order valence-electron chi connectivity index (χ4n) is 1.66. The first-order valence-electron chi connectivity index (χ1n) is 3.94. The molecule has 1 aliphatic heterocycles. The van der Waals surface area contributed by atoms with Gasteiger partial charge in [0.2, 0.25) is 0 Å². The second-order valence-electron chi connectivity index (χ2n) is 3.38. The van der Waals surface area contributed by atoms with Gasteiger partial charge in [0.15, 0.2) is 0 Å². The van der Waals surface area contributed by atoms with Gasteiger partial charge in [-0.25, -0.2) is 0 Å². The molecule has 1 aliphatic rings. The maximum absolute atomic E-state index is 11.0. The van der Waals surface area contributed by atoms with Crippen LogP contribution < -0.4 is 0 Å². The molecule has 1 heterocycles. The molecule has 0 aromatic carbocycles. The molecule has 0 aromatic heterocycles. The van der Waals surface area contributed by atoms with E-state index in [2.05, 4.69) is 0 Å². The van der Waals surface area contributed by atoms with Crippen LogP contribution in [-0.2, 0) is 9.59 Å². The highest BCUT2D eigenvalue weighted by molar-refractivity contribution is 5.85. The van der Waals surface area contributed by atoms with Crippen LogP contribution in [0.1, 0.15) is 6.92 Å². The first kappa shape index (κ1) is 9.19. The summed E-state index contributed by atoms with van der Waals surface area (Å²) < 4.78 is 0. The number of hydrogen-bond acceptors (Lipinski definition) is 3. The van der Waals surface area contributed by atoms with Gasteiger partial charge in [0.25, 0.3) is 0 Å². The molecule has 2 atom stereocenters. The fraction of sp³-hybridized carbons (Fsp3) is 0.750. The number of rotatable bonds is 2. The van der Waals surface area contributed by atoms with E-state index in [0.717, 1.165) is 0 Å². The Kier molecular flexibility index (Phi) is 2.47. The lowest BCUT2D eigenvalue weighted by Gasteiger charge is -2.09. The quantitative estimate of drug-likeness (QED) is 0.627. The lowest BCUT2D eigenvalue weighted by atomic mass is 9.93. The van der Waals surface area contributed by atoms with Crippen LogP contribution in [0.15, 0.2) is 0 Å². The maximum Gasteiger partial charge on any atom is 0.308 e. The van der Waals surface area contributed by atoms with Crippen LogP contribution in [0.25, 0.3) is 0 Å². The van der Waals surface area contributed by atoms with Crippen LogP contribution in [0.5, 0.6) is 0 Å². The third-order valence-electron chi connectivity index (χ3n) is 2.34. The molecule has 4 heteroatoms. The number of hydrogen-bond donors (Lipinski definition) is 1. The highest BCUT2D eigenvalue weighted by atomic mass is 16.4. The molecule has 1 fully saturated rings. The van der Waals surface area contributed by atoms with Gasteiger partial charge < -0.3 is 10.0 Å². The zero-order valence-electron chi connectivity index (χ0n) is 7.28. The van der Waals surface area contributed by atoms with E-state index in [1.165, 1.54) is 6.92 Å². The molecule has 4 nitrogen and oxygen atoms in total. The Balaban J connectivity index is 2.72. The summed E-state index contributed by atoms with van der Waals surface area (Å²) in [7, 11) is 1.83. The molecular formula is C8H13NO3. The minimum atomic E-state index is -0.862. The van der Waals surface area contributed by atoms with Crippen LogP contribution in [0.4, 0.5) is 0 Å². The molecule has 1 N–H and O–H groups in total. The minimum absolute atomic E-state index is 0.0215. The smallest absolute Gasteiger partial charge is 0.308 e. The number of Topliss-reactive ketones (excluding diaryl/α,β-unsaturated/α-hetero) is 1. The highest BCUT2D eigenvalue weighted by Gasteiger charge is 2.38. The Morgan fingerprint density at radius 1 is 1.33 bits per heavy atom. The Hall–Kier alpha value is -0.900. The Labute approximate surface area is 71.2 Å². The normalized spacial score (nSPS) is 30.5. The lowest BCUT2D eigenvalue weighted by Crippen LogP contribution is -2.26. The number of nitrogens with zero attached hydrogens (tertiary/aromatic N) is 1. The molecule has 12 heavy (non-hydrogen) atoms. The van der Waals surface area contributed by atoms with E-state index < -0.39 is 11.9 Å². The zero-order valence-corrected chi connectivity index (χ0v) is 7.28. The van der Waals surface area contributed by atoms with Crippen molar-refractivity contribution in [1.29, 1.82) is 0 Å². The second kappa shape index (κ2) is 3.23. The monoisotopic (exact) mass is 171 g/mol. The fourth-order valence-corrected chi connectivity index (χ4v) is 1.66. The van der Waals surface area contributed by atoms with Crippen molar-refractivity contribution in [3.8, 4) is 0 Å². The van der Waals surface area contributed by atoms with E-state index >= 15 is 0 Å². The number of carbonyl (C=O) groups excluding carboxylic acids is 1. The molecule has 1 saturated heterocycles. The van der Waals surface area contributed by atoms with Crippen LogP contribution >= 0.6 is 0 Å². The van der Waals surface area contributed by atoms with Gasteiger partial charge in [-0.3, -0.25) is 9.59 Å². The van der Waals surface area contributed by atoms with Gasteiger partial charge in [-0.2, -0.15) is 0 Å². The first-order valence-corrected chi connectivity index (χ1v) is 3.94. The number of ketones is 1. The van der Waals surface area contributed by atoms with Gasteiger partial charge in [0, 0.05) is 19.0 Å². The summed E-state index contributed by atoms with van der Waals surface area (Å²) in [6.07, 6.45) is 0. The molecule has 0 saturated carbocycles. The van der Waals surface area contributed by atoms with Crippen molar-refractivity contribution in [1.82, 2.24) is 4.90 Å². The predicted molar refractivity (Wildman–Crippen MR) is 42.8 cm³/mol. The van der Waals surface area contributed by atoms with E-state index in [9.17, 15) is 9.59 Å². The van der Waals surface area contributed by atoms with Crippen LogP contribution in [0.2, 0.25) is 0 Å². The van der Waals surface area contributed by atoms with E-state index in [1.807, 2.05) is 11.9 Å². The summed E-state index contributed by atoms with van der Waals surface area (Å²) in [6.45, 7) is 2.52. The second-order valence-corrected chi connectivity index (χ2v) is 3.38. The van der Waals surface area contributed by atoms with Crippen LogP contribution in [-0.4, -0.2) is 41.9 Å². The standard InChI is InChI=1S/C8H13NO3/c1-5(10)6-3-9(2)4-7(6)8(11)12/h6-7H,3-4H2,1-2H3,(H,11,12)/t6-,7+/m1/s1. The summed E-state index contributed by atoms with van der Waals surface area (Å²) >= 11 is 0. The topological polar surface area (TPSA) is 57.6 Å². The summed E-state index contributed by atoms with van der Waals surface area (Å²) in [5, 5.41) is 8.77. The molecule has 1 rings (SSSR count). The summed E-state index contributed by atoms with van der Waals surface area (Å²) in [6, 6.07) is 0. The van der Waals surface area contributed by atoms with Gasteiger partial charge in [0.05, 0.1) is 5.92 Å². The molecular weight excluding hydrogens is 158 g/mol. The summed E-state index contributed by atoms with van der Waals surface area (Å²) in [5.41, 5.74) is 0. The molecule has 0 aliphatic carbocycles. The van der Waals surface area contributed by atoms with Crippen molar-refractivity contribution in [2.75, 3.05) is 20.1 Å². The van der Waals surface area contributed by atoms with Gasteiger partial charge >= 0.3 is 5.97 Å². The van der Waals surface area contributed by atoms with Crippen molar-refractivity contribution < 1.29 is 14.7 Å². The maximum atomic E-state index is 11.0. The van der Waals surface area contributed by atoms with Crippen molar-refractivity contribution >= 4 is 11.8 Å². The average molecular weight is 171 g/mol. The van der Waals surface area contributed by atoms with Crippen LogP contribution in [0, 0.1) is 11.8 Å². The largest absolute Gasteiger partial charge is 0.481 e. The molecule has 0 spiro atoms. The summed E-state index contributed by atoms with van der Waals surface area (Å²) in [5.74, 6) is -1.70. The van der Waals surface area contributed by atoms with E-state index in [0.29, 0.717) is 13.1 Å². The third kappa shape index (κ3) is 1.64. The van der Waals surface area contributed by atoms with Gasteiger partial charge in [-0.1, -0.05) is 0 Å². The summed E-state index contributed by atoms with van der Waals surface area (Å²) in [4.78, 5) is 23.6. The SMILES string of the molecule is CC(=O)[C@H]1CN(C)C[C@@H]1C(=O)O. The Morgan fingerprint density at radius 3 is 2.17 bits per heavy atom.